The van der Waals surface area contributed by atoms with Gasteiger partial charge in [-0.2, -0.15) is 0 Å². The number of hydrogen-bond donors (Lipinski definition) is 2. The predicted molar refractivity (Wildman–Crippen MR) is 103 cm³/mol. The van der Waals surface area contributed by atoms with Crippen LogP contribution in [0.4, 0.5) is 4.39 Å². The minimum atomic E-state index is -0.600. The summed E-state index contributed by atoms with van der Waals surface area (Å²) in [6, 6.07) is 6.61. The maximum atomic E-state index is 13.9. The molecule has 0 radical (unpaired) electrons. The van der Waals surface area contributed by atoms with Crippen LogP contribution in [0, 0.1) is 30.5 Å². The fraction of sp³-hybridized carbons (Fsp3) is 0.200. The van der Waals surface area contributed by atoms with Crippen molar-refractivity contribution >= 4 is 11.6 Å². The molecule has 2 heterocycles. The van der Waals surface area contributed by atoms with Crippen molar-refractivity contribution in [2.24, 2.45) is 5.92 Å². The highest BCUT2D eigenvalue weighted by Gasteiger charge is 2.39. The van der Waals surface area contributed by atoms with Crippen LogP contribution in [-0.2, 0) is 0 Å². The van der Waals surface area contributed by atoms with Gasteiger partial charge in [0, 0.05) is 18.0 Å². The molecule has 2 atom stereocenters. The van der Waals surface area contributed by atoms with Gasteiger partial charge in [0.2, 0.25) is 0 Å². The van der Waals surface area contributed by atoms with E-state index in [1.807, 2.05) is 13.0 Å². The highest BCUT2D eigenvalue weighted by Crippen LogP contribution is 2.49. The fourth-order valence-corrected chi connectivity index (χ4v) is 3.21. The van der Waals surface area contributed by atoms with Crippen molar-refractivity contribution in [2.75, 3.05) is 0 Å². The third kappa shape index (κ3) is 3.59. The summed E-state index contributed by atoms with van der Waals surface area (Å²) in [7, 11) is 0. The molecule has 2 aromatic heterocycles. The molecule has 1 aliphatic carbocycles. The second-order valence-electron chi connectivity index (χ2n) is 6.66. The Morgan fingerprint density at radius 3 is 2.82 bits per heavy atom. The molecule has 0 bridgehead atoms. The first-order valence-electron chi connectivity index (χ1n) is 8.55. The van der Waals surface area contributed by atoms with Crippen LogP contribution in [0.2, 0.25) is 5.15 Å². The Kier molecular flexibility index (Phi) is 4.57. The number of nitrogens with one attached hydrogen (secondary N) is 2. The summed E-state index contributed by atoms with van der Waals surface area (Å²) in [5, 5.41) is 8.09. The standard InChI is InChI=1S/C20H14ClFN4O2/c1-10-2-3-11(16(22)6-10)4-5-12-7-13(12)14-8-17(25-26-18(14)21)15-9-23-20(28)24-19(15)27/h2-3,6,8-9,12-13H,7H2,1H3,(H2,23,24,27,28)/t12-,13-/m0/s1. The normalized spacial score (nSPS) is 17.7. The SMILES string of the molecule is Cc1ccc(C#C[C@H]2C[C@@H]2c2cc(-c3c[nH]c(=O)[nH]c3=O)nnc2Cl)c(F)c1. The Morgan fingerprint density at radius 2 is 2.07 bits per heavy atom. The third-order valence-corrected chi connectivity index (χ3v) is 4.87. The van der Waals surface area contributed by atoms with Crippen molar-refractivity contribution in [1.29, 1.82) is 0 Å². The van der Waals surface area contributed by atoms with Crippen LogP contribution in [0.15, 0.2) is 40.1 Å². The summed E-state index contributed by atoms with van der Waals surface area (Å²) < 4.78 is 13.9. The molecule has 28 heavy (non-hydrogen) atoms. The first kappa shape index (κ1) is 18.1. The fourth-order valence-electron chi connectivity index (χ4n) is 2.97. The number of benzene rings is 1. The Balaban J connectivity index is 1.60. The largest absolute Gasteiger partial charge is 0.325 e. The van der Waals surface area contributed by atoms with E-state index in [-0.39, 0.29) is 28.4 Å². The van der Waals surface area contributed by atoms with E-state index in [4.69, 9.17) is 11.6 Å². The van der Waals surface area contributed by atoms with Crippen molar-refractivity contribution < 1.29 is 4.39 Å². The van der Waals surface area contributed by atoms with Gasteiger partial charge in [-0.25, -0.2) is 9.18 Å². The van der Waals surface area contributed by atoms with Crippen LogP contribution in [0.1, 0.15) is 29.0 Å². The lowest BCUT2D eigenvalue weighted by molar-refractivity contribution is 0.623. The number of halogens is 2. The summed E-state index contributed by atoms with van der Waals surface area (Å²) in [6.45, 7) is 1.82. The second-order valence-corrected chi connectivity index (χ2v) is 7.02. The van der Waals surface area contributed by atoms with Gasteiger partial charge in [0.25, 0.3) is 5.56 Å². The van der Waals surface area contributed by atoms with Gasteiger partial charge in [-0.1, -0.05) is 29.5 Å². The summed E-state index contributed by atoms with van der Waals surface area (Å²) in [4.78, 5) is 27.7. The van der Waals surface area contributed by atoms with E-state index in [1.54, 1.807) is 12.1 Å². The van der Waals surface area contributed by atoms with E-state index >= 15 is 0 Å². The van der Waals surface area contributed by atoms with Gasteiger partial charge >= 0.3 is 5.69 Å². The first-order chi connectivity index (χ1) is 13.4. The van der Waals surface area contributed by atoms with Crippen LogP contribution in [0.25, 0.3) is 11.3 Å². The van der Waals surface area contributed by atoms with Crippen molar-refractivity contribution in [3.63, 3.8) is 0 Å². The zero-order chi connectivity index (χ0) is 19.8. The highest BCUT2D eigenvalue weighted by molar-refractivity contribution is 6.30. The number of aryl methyl sites for hydroxylation is 1. The van der Waals surface area contributed by atoms with E-state index in [2.05, 4.69) is 32.0 Å². The number of aromatic amines is 2. The van der Waals surface area contributed by atoms with Crippen LogP contribution in [0.5, 0.6) is 0 Å². The van der Waals surface area contributed by atoms with Crippen molar-refractivity contribution in [3.05, 3.63) is 79.0 Å². The Bertz CT molecular complexity index is 1260. The predicted octanol–water partition coefficient (Wildman–Crippen LogP) is 2.78. The van der Waals surface area contributed by atoms with Gasteiger partial charge in [-0.05, 0) is 42.7 Å². The van der Waals surface area contributed by atoms with Gasteiger partial charge in [0.15, 0.2) is 5.15 Å². The monoisotopic (exact) mass is 396 g/mol. The molecule has 0 aliphatic heterocycles. The molecule has 1 fully saturated rings. The summed E-state index contributed by atoms with van der Waals surface area (Å²) in [6.07, 6.45) is 2.04. The lowest BCUT2D eigenvalue weighted by atomic mass is 10.1. The number of H-pyrrole nitrogens is 2. The van der Waals surface area contributed by atoms with E-state index in [0.717, 1.165) is 17.5 Å². The molecular weight excluding hydrogens is 383 g/mol. The molecule has 6 nitrogen and oxygen atoms in total. The van der Waals surface area contributed by atoms with E-state index in [0.29, 0.717) is 11.3 Å². The number of hydrogen-bond acceptors (Lipinski definition) is 4. The second kappa shape index (κ2) is 7.06. The van der Waals surface area contributed by atoms with Gasteiger partial charge in [-0.15, -0.1) is 10.2 Å². The molecule has 2 N–H and O–H groups in total. The molecular formula is C20H14ClFN4O2. The molecule has 0 saturated heterocycles. The van der Waals surface area contributed by atoms with Crippen molar-refractivity contribution in [2.45, 2.75) is 19.3 Å². The zero-order valence-electron chi connectivity index (χ0n) is 14.7. The Hall–Kier alpha value is -3.24. The molecule has 1 saturated carbocycles. The number of nitrogens with zero attached hydrogens (tertiary/aromatic N) is 2. The third-order valence-electron chi connectivity index (χ3n) is 4.58. The summed E-state index contributed by atoms with van der Waals surface area (Å²) >= 11 is 6.18. The quantitative estimate of drug-likeness (QED) is 0.651. The number of rotatable bonds is 2. The molecule has 1 aromatic carbocycles. The highest BCUT2D eigenvalue weighted by atomic mass is 35.5. The van der Waals surface area contributed by atoms with Gasteiger partial charge in [0.1, 0.15) is 11.5 Å². The zero-order valence-corrected chi connectivity index (χ0v) is 15.5. The molecule has 8 heteroatoms. The maximum absolute atomic E-state index is 13.9. The minimum absolute atomic E-state index is 0.0177. The van der Waals surface area contributed by atoms with Crippen LogP contribution >= 0.6 is 11.6 Å². The average molecular weight is 397 g/mol. The van der Waals surface area contributed by atoms with Crippen LogP contribution in [0.3, 0.4) is 0 Å². The minimum Gasteiger partial charge on any atom is -0.313 e. The lowest BCUT2D eigenvalue weighted by Crippen LogP contribution is -2.23. The molecule has 1 aliphatic rings. The van der Waals surface area contributed by atoms with Gasteiger partial charge in [-0.3, -0.25) is 9.78 Å². The first-order valence-corrected chi connectivity index (χ1v) is 8.93. The van der Waals surface area contributed by atoms with Crippen molar-refractivity contribution in [1.82, 2.24) is 20.2 Å². The molecule has 3 aromatic rings. The van der Waals surface area contributed by atoms with Gasteiger partial charge in [0.05, 0.1) is 11.1 Å². The van der Waals surface area contributed by atoms with Gasteiger partial charge < -0.3 is 4.98 Å². The number of aromatic nitrogens is 4. The average Bonchev–Trinajstić information content (AvgIpc) is 3.41. The van der Waals surface area contributed by atoms with Crippen LogP contribution < -0.4 is 11.2 Å². The Labute approximate surface area is 163 Å². The lowest BCUT2D eigenvalue weighted by Gasteiger charge is -2.04. The topological polar surface area (TPSA) is 91.5 Å². The molecule has 140 valence electrons. The van der Waals surface area contributed by atoms with E-state index < -0.39 is 11.2 Å². The van der Waals surface area contributed by atoms with E-state index in [9.17, 15) is 14.0 Å². The van der Waals surface area contributed by atoms with E-state index in [1.165, 1.54) is 12.3 Å². The summed E-state index contributed by atoms with van der Waals surface area (Å²) in [5.41, 5.74) is 1.25. The molecule has 0 spiro atoms. The molecule has 4 rings (SSSR count). The molecule has 0 amide bonds. The summed E-state index contributed by atoms with van der Waals surface area (Å²) in [5.74, 6) is 5.67. The van der Waals surface area contributed by atoms with Crippen LogP contribution in [-0.4, -0.2) is 20.2 Å². The Morgan fingerprint density at radius 1 is 1.25 bits per heavy atom. The van der Waals surface area contributed by atoms with Crippen molar-refractivity contribution in [3.8, 4) is 23.1 Å². The smallest absolute Gasteiger partial charge is 0.313 e. The maximum Gasteiger partial charge on any atom is 0.325 e. The molecule has 0 unspecified atom stereocenters.